The van der Waals surface area contributed by atoms with E-state index in [4.69, 9.17) is 0 Å². The van der Waals surface area contributed by atoms with E-state index >= 15 is 0 Å². The van der Waals surface area contributed by atoms with Crippen molar-refractivity contribution in [2.24, 2.45) is 0 Å². The van der Waals surface area contributed by atoms with E-state index in [0.717, 1.165) is 56.3 Å². The molecule has 9 heteroatoms. The quantitative estimate of drug-likeness (QED) is 0.488. The Morgan fingerprint density at radius 3 is 2.30 bits per heavy atom. The lowest BCUT2D eigenvalue weighted by atomic mass is 10.1. The summed E-state index contributed by atoms with van der Waals surface area (Å²) in [4.78, 5) is 19.2. The van der Waals surface area contributed by atoms with Crippen molar-refractivity contribution in [3.8, 4) is 0 Å². The van der Waals surface area contributed by atoms with Crippen molar-refractivity contribution in [2.75, 3.05) is 28.6 Å². The van der Waals surface area contributed by atoms with E-state index in [-0.39, 0.29) is 18.5 Å². The van der Waals surface area contributed by atoms with Crippen molar-refractivity contribution in [2.45, 2.75) is 25.8 Å². The predicted molar refractivity (Wildman–Crippen MR) is 118 cm³/mol. The fourth-order valence-electron chi connectivity index (χ4n) is 3.75. The third-order valence-electron chi connectivity index (χ3n) is 5.30. The highest BCUT2D eigenvalue weighted by Gasteiger charge is 2.19. The standard InChI is InChI=1S/C24H22F4N4O/c25-17-9-16(10-18(26)13-17)12-23(33)30-21-5-6-22(31-24(21)32-7-1-2-8-32)29-14-15-3-4-19(27)20(28)11-15/h3-6,9-11,13H,1-2,7-8,12,14H2,(H,29,31)(H,30,33). The number of pyridine rings is 1. The highest BCUT2D eigenvalue weighted by Crippen LogP contribution is 2.29. The number of nitrogens with zero attached hydrogens (tertiary/aromatic N) is 2. The number of benzene rings is 2. The summed E-state index contributed by atoms with van der Waals surface area (Å²) in [6.45, 7) is 1.79. The second-order valence-corrected chi connectivity index (χ2v) is 7.87. The number of anilines is 3. The van der Waals surface area contributed by atoms with Crippen LogP contribution in [0.4, 0.5) is 34.9 Å². The van der Waals surface area contributed by atoms with Crippen molar-refractivity contribution >= 4 is 23.2 Å². The molecule has 33 heavy (non-hydrogen) atoms. The van der Waals surface area contributed by atoms with Gasteiger partial charge in [0.25, 0.3) is 0 Å². The van der Waals surface area contributed by atoms with Crippen molar-refractivity contribution < 1.29 is 22.4 Å². The Labute approximate surface area is 188 Å². The van der Waals surface area contributed by atoms with Crippen molar-refractivity contribution in [1.82, 2.24) is 4.98 Å². The molecule has 5 nitrogen and oxygen atoms in total. The number of hydrogen-bond acceptors (Lipinski definition) is 4. The Kier molecular flexibility index (Phi) is 6.76. The summed E-state index contributed by atoms with van der Waals surface area (Å²) in [5.41, 5.74) is 1.26. The average Bonchev–Trinajstić information content (AvgIpc) is 3.29. The number of nitrogens with one attached hydrogen (secondary N) is 2. The van der Waals surface area contributed by atoms with Crippen LogP contribution in [0.15, 0.2) is 48.5 Å². The maximum absolute atomic E-state index is 13.4. The highest BCUT2D eigenvalue weighted by atomic mass is 19.2. The molecule has 0 saturated carbocycles. The molecule has 2 N–H and O–H groups in total. The van der Waals surface area contributed by atoms with Gasteiger partial charge in [-0.3, -0.25) is 4.79 Å². The Bertz CT molecular complexity index is 1140. The summed E-state index contributed by atoms with van der Waals surface area (Å²) in [5, 5.41) is 5.86. The zero-order chi connectivity index (χ0) is 23.4. The van der Waals surface area contributed by atoms with Crippen LogP contribution in [0.1, 0.15) is 24.0 Å². The number of rotatable bonds is 7. The van der Waals surface area contributed by atoms with Crippen LogP contribution in [0.25, 0.3) is 0 Å². The molecule has 0 bridgehead atoms. The number of aromatic nitrogens is 1. The van der Waals surface area contributed by atoms with Gasteiger partial charge in [0.2, 0.25) is 5.91 Å². The van der Waals surface area contributed by atoms with Gasteiger partial charge in [-0.15, -0.1) is 0 Å². The summed E-state index contributed by atoms with van der Waals surface area (Å²) >= 11 is 0. The van der Waals surface area contributed by atoms with E-state index in [1.165, 1.54) is 6.07 Å². The molecule has 172 valence electrons. The van der Waals surface area contributed by atoms with Crippen LogP contribution >= 0.6 is 0 Å². The van der Waals surface area contributed by atoms with Crippen LogP contribution in [-0.4, -0.2) is 24.0 Å². The molecular weight excluding hydrogens is 436 g/mol. The average molecular weight is 458 g/mol. The molecule has 0 radical (unpaired) electrons. The number of carbonyl (C=O) groups excluding carboxylic acids is 1. The van der Waals surface area contributed by atoms with E-state index in [1.807, 2.05) is 4.90 Å². The molecule has 0 atom stereocenters. The first kappa shape index (κ1) is 22.6. The zero-order valence-electron chi connectivity index (χ0n) is 17.7. The number of halogens is 4. The second kappa shape index (κ2) is 9.89. The Morgan fingerprint density at radius 1 is 0.879 bits per heavy atom. The van der Waals surface area contributed by atoms with Crippen LogP contribution in [0.3, 0.4) is 0 Å². The van der Waals surface area contributed by atoms with Gasteiger partial charge >= 0.3 is 0 Å². The molecule has 4 rings (SSSR count). The SMILES string of the molecule is O=C(Cc1cc(F)cc(F)c1)Nc1ccc(NCc2ccc(F)c(F)c2)nc1N1CCCC1. The molecule has 3 aromatic rings. The van der Waals surface area contributed by atoms with Crippen LogP contribution < -0.4 is 15.5 Å². The van der Waals surface area contributed by atoms with Gasteiger partial charge in [0.15, 0.2) is 17.5 Å². The van der Waals surface area contributed by atoms with Gasteiger partial charge in [0, 0.05) is 25.7 Å². The Hall–Kier alpha value is -3.62. The molecule has 1 aromatic heterocycles. The first-order valence-corrected chi connectivity index (χ1v) is 10.6. The normalized spacial score (nSPS) is 13.3. The summed E-state index contributed by atoms with van der Waals surface area (Å²) in [7, 11) is 0. The van der Waals surface area contributed by atoms with Gasteiger partial charge < -0.3 is 15.5 Å². The van der Waals surface area contributed by atoms with Gasteiger partial charge in [0.05, 0.1) is 12.1 Å². The maximum Gasteiger partial charge on any atom is 0.228 e. The van der Waals surface area contributed by atoms with Gasteiger partial charge in [-0.05, 0) is 60.4 Å². The molecule has 0 spiro atoms. The van der Waals surface area contributed by atoms with Crippen molar-refractivity contribution in [3.05, 3.63) is 82.9 Å². The number of hydrogen-bond donors (Lipinski definition) is 2. The van der Waals surface area contributed by atoms with Gasteiger partial charge in [-0.25, -0.2) is 22.5 Å². The summed E-state index contributed by atoms with van der Waals surface area (Å²) in [6, 6.07) is 10.0. The zero-order valence-corrected chi connectivity index (χ0v) is 17.7. The predicted octanol–water partition coefficient (Wildman–Crippen LogP) is 5.03. The molecule has 2 aromatic carbocycles. The molecule has 0 aliphatic carbocycles. The van der Waals surface area contributed by atoms with E-state index in [1.54, 1.807) is 12.1 Å². The molecule has 1 fully saturated rings. The third kappa shape index (κ3) is 5.79. The van der Waals surface area contributed by atoms with Gasteiger partial charge in [0.1, 0.15) is 17.5 Å². The van der Waals surface area contributed by atoms with Crippen LogP contribution in [0.5, 0.6) is 0 Å². The highest BCUT2D eigenvalue weighted by molar-refractivity contribution is 5.95. The lowest BCUT2D eigenvalue weighted by molar-refractivity contribution is -0.115. The first-order valence-electron chi connectivity index (χ1n) is 10.6. The molecule has 1 aliphatic rings. The molecule has 1 amide bonds. The van der Waals surface area contributed by atoms with E-state index in [9.17, 15) is 22.4 Å². The first-order chi connectivity index (χ1) is 15.9. The smallest absolute Gasteiger partial charge is 0.228 e. The number of carbonyl (C=O) groups is 1. The van der Waals surface area contributed by atoms with Crippen molar-refractivity contribution in [3.63, 3.8) is 0 Å². The summed E-state index contributed by atoms with van der Waals surface area (Å²) in [5.74, 6) is -2.66. The number of amides is 1. The monoisotopic (exact) mass is 458 g/mol. The van der Waals surface area contributed by atoms with E-state index < -0.39 is 29.2 Å². The second-order valence-electron chi connectivity index (χ2n) is 7.87. The topological polar surface area (TPSA) is 57.3 Å². The Morgan fingerprint density at radius 2 is 1.61 bits per heavy atom. The minimum atomic E-state index is -0.920. The lowest BCUT2D eigenvalue weighted by Crippen LogP contribution is -2.23. The fourth-order valence-corrected chi connectivity index (χ4v) is 3.75. The lowest BCUT2D eigenvalue weighted by Gasteiger charge is -2.21. The summed E-state index contributed by atoms with van der Waals surface area (Å²) in [6.07, 6.45) is 1.79. The van der Waals surface area contributed by atoms with Crippen LogP contribution in [0, 0.1) is 23.3 Å². The largest absolute Gasteiger partial charge is 0.366 e. The fraction of sp³-hybridized carbons (Fsp3) is 0.250. The molecular formula is C24H22F4N4O. The van der Waals surface area contributed by atoms with Gasteiger partial charge in [-0.2, -0.15) is 0 Å². The minimum Gasteiger partial charge on any atom is -0.366 e. The van der Waals surface area contributed by atoms with E-state index in [0.29, 0.717) is 22.9 Å². The van der Waals surface area contributed by atoms with E-state index in [2.05, 4.69) is 15.6 Å². The maximum atomic E-state index is 13.4. The third-order valence-corrected chi connectivity index (χ3v) is 5.30. The minimum absolute atomic E-state index is 0.190. The Balaban J connectivity index is 1.49. The molecule has 2 heterocycles. The van der Waals surface area contributed by atoms with Crippen molar-refractivity contribution in [1.29, 1.82) is 0 Å². The van der Waals surface area contributed by atoms with Gasteiger partial charge in [-0.1, -0.05) is 6.07 Å². The molecule has 0 unspecified atom stereocenters. The van der Waals surface area contributed by atoms with Crippen LogP contribution in [-0.2, 0) is 17.8 Å². The summed E-state index contributed by atoms with van der Waals surface area (Å²) < 4.78 is 53.4. The van der Waals surface area contributed by atoms with Crippen LogP contribution in [0.2, 0.25) is 0 Å². The molecule has 1 aliphatic heterocycles. The molecule has 1 saturated heterocycles.